The summed E-state index contributed by atoms with van der Waals surface area (Å²) in [6.45, 7) is 0.616. The van der Waals surface area contributed by atoms with Crippen molar-refractivity contribution in [3.63, 3.8) is 0 Å². The van der Waals surface area contributed by atoms with E-state index in [9.17, 15) is 19.8 Å². The summed E-state index contributed by atoms with van der Waals surface area (Å²) in [6.07, 6.45) is -2.41. The van der Waals surface area contributed by atoms with Crippen LogP contribution in [0.25, 0.3) is 0 Å². The SMILES string of the molecule is O=C(NCCc1ccccc1)[C@H](O)[C@@H](O)C(=O)NCCc1ccccc1. The fraction of sp³-hybridized carbons (Fsp3) is 0.300. The molecule has 26 heavy (non-hydrogen) atoms. The number of aliphatic hydroxyl groups is 2. The van der Waals surface area contributed by atoms with E-state index >= 15 is 0 Å². The summed E-state index contributed by atoms with van der Waals surface area (Å²) in [5.41, 5.74) is 2.09. The minimum absolute atomic E-state index is 0.308. The van der Waals surface area contributed by atoms with Crippen LogP contribution >= 0.6 is 0 Å². The average Bonchev–Trinajstić information content (AvgIpc) is 2.68. The number of carbonyl (C=O) groups excluding carboxylic acids is 2. The van der Waals surface area contributed by atoms with Crippen LogP contribution in [-0.4, -0.2) is 47.3 Å². The number of rotatable bonds is 9. The van der Waals surface area contributed by atoms with Crippen LogP contribution in [-0.2, 0) is 22.4 Å². The molecule has 2 amide bonds. The van der Waals surface area contributed by atoms with Gasteiger partial charge in [0.2, 0.25) is 0 Å². The Morgan fingerprint density at radius 1 is 0.692 bits per heavy atom. The second-order valence-corrected chi connectivity index (χ2v) is 5.94. The number of benzene rings is 2. The van der Waals surface area contributed by atoms with Gasteiger partial charge in [0.1, 0.15) is 0 Å². The highest BCUT2D eigenvalue weighted by Gasteiger charge is 2.29. The Labute approximate surface area is 152 Å². The zero-order valence-corrected chi connectivity index (χ0v) is 14.5. The minimum atomic E-state index is -1.80. The molecule has 0 saturated carbocycles. The van der Waals surface area contributed by atoms with Crippen LogP contribution in [0.15, 0.2) is 60.7 Å². The summed E-state index contributed by atoms with van der Waals surface area (Å²) in [4.78, 5) is 23.7. The lowest BCUT2D eigenvalue weighted by Gasteiger charge is -2.17. The number of nitrogens with one attached hydrogen (secondary N) is 2. The van der Waals surface area contributed by atoms with E-state index in [1.807, 2.05) is 60.7 Å². The standard InChI is InChI=1S/C20H24N2O4/c23-17(19(25)21-13-11-15-7-3-1-4-8-15)18(24)20(26)22-14-12-16-9-5-2-6-10-16/h1-10,17-18,23-24H,11-14H2,(H,21,25)(H,22,26)/t17-,18-/m1/s1. The molecular weight excluding hydrogens is 332 g/mol. The molecule has 0 unspecified atom stereocenters. The van der Waals surface area contributed by atoms with Gasteiger partial charge in [-0.3, -0.25) is 9.59 Å². The molecule has 138 valence electrons. The minimum Gasteiger partial charge on any atom is -0.380 e. The van der Waals surface area contributed by atoms with E-state index in [4.69, 9.17) is 0 Å². The van der Waals surface area contributed by atoms with Gasteiger partial charge in [0.05, 0.1) is 0 Å². The molecule has 0 bridgehead atoms. The number of carbonyl (C=O) groups is 2. The lowest BCUT2D eigenvalue weighted by molar-refractivity contribution is -0.146. The molecule has 6 nitrogen and oxygen atoms in total. The zero-order valence-electron chi connectivity index (χ0n) is 14.5. The summed E-state index contributed by atoms with van der Waals surface area (Å²) in [5, 5.41) is 24.7. The quantitative estimate of drug-likeness (QED) is 0.524. The lowest BCUT2D eigenvalue weighted by Crippen LogP contribution is -2.50. The van der Waals surface area contributed by atoms with E-state index in [2.05, 4.69) is 10.6 Å². The molecule has 0 saturated heterocycles. The molecule has 0 aliphatic rings. The van der Waals surface area contributed by atoms with Gasteiger partial charge in [0.25, 0.3) is 11.8 Å². The summed E-state index contributed by atoms with van der Waals surface area (Å²) < 4.78 is 0. The molecule has 0 aromatic heterocycles. The first-order chi connectivity index (χ1) is 12.6. The lowest BCUT2D eigenvalue weighted by atomic mass is 10.1. The highest BCUT2D eigenvalue weighted by atomic mass is 16.3. The Morgan fingerprint density at radius 3 is 1.38 bits per heavy atom. The van der Waals surface area contributed by atoms with Crippen molar-refractivity contribution in [3.8, 4) is 0 Å². The van der Waals surface area contributed by atoms with Crippen LogP contribution in [0.5, 0.6) is 0 Å². The van der Waals surface area contributed by atoms with Gasteiger partial charge in [-0.15, -0.1) is 0 Å². The van der Waals surface area contributed by atoms with E-state index in [1.54, 1.807) is 0 Å². The summed E-state index contributed by atoms with van der Waals surface area (Å²) in [5.74, 6) is -1.54. The van der Waals surface area contributed by atoms with Gasteiger partial charge in [0.15, 0.2) is 12.2 Å². The molecule has 0 aliphatic carbocycles. The van der Waals surface area contributed by atoms with Crippen molar-refractivity contribution in [2.45, 2.75) is 25.0 Å². The van der Waals surface area contributed by atoms with E-state index in [0.717, 1.165) is 11.1 Å². The molecule has 0 aliphatic heterocycles. The summed E-state index contributed by atoms with van der Waals surface area (Å²) in [6, 6.07) is 19.1. The third-order valence-corrected chi connectivity index (χ3v) is 3.95. The Balaban J connectivity index is 1.69. The first kappa shape index (κ1) is 19.6. The van der Waals surface area contributed by atoms with Crippen LogP contribution in [0, 0.1) is 0 Å². The zero-order chi connectivity index (χ0) is 18.8. The predicted molar refractivity (Wildman–Crippen MR) is 98.3 cm³/mol. The fourth-order valence-corrected chi connectivity index (χ4v) is 2.45. The highest BCUT2D eigenvalue weighted by Crippen LogP contribution is 2.01. The fourth-order valence-electron chi connectivity index (χ4n) is 2.45. The molecule has 0 fully saturated rings. The molecule has 2 aromatic rings. The van der Waals surface area contributed by atoms with Crippen molar-refractivity contribution < 1.29 is 19.8 Å². The van der Waals surface area contributed by atoms with Gasteiger partial charge >= 0.3 is 0 Å². The summed E-state index contributed by atoms with van der Waals surface area (Å²) in [7, 11) is 0. The molecule has 2 atom stereocenters. The van der Waals surface area contributed by atoms with Gasteiger partial charge < -0.3 is 20.8 Å². The van der Waals surface area contributed by atoms with E-state index in [1.165, 1.54) is 0 Å². The second-order valence-electron chi connectivity index (χ2n) is 5.94. The Bertz CT molecular complexity index is 630. The molecule has 0 spiro atoms. The predicted octanol–water partition coefficient (Wildman–Crippen LogP) is 0.426. The van der Waals surface area contributed by atoms with Crippen molar-refractivity contribution in [2.75, 3.05) is 13.1 Å². The van der Waals surface area contributed by atoms with Crippen molar-refractivity contribution in [1.29, 1.82) is 0 Å². The maximum Gasteiger partial charge on any atom is 0.252 e. The van der Waals surface area contributed by atoms with Gasteiger partial charge in [-0.1, -0.05) is 60.7 Å². The van der Waals surface area contributed by atoms with Crippen molar-refractivity contribution in [3.05, 3.63) is 71.8 Å². The average molecular weight is 356 g/mol. The third-order valence-electron chi connectivity index (χ3n) is 3.95. The van der Waals surface area contributed by atoms with E-state index < -0.39 is 24.0 Å². The van der Waals surface area contributed by atoms with Gasteiger partial charge in [0, 0.05) is 13.1 Å². The van der Waals surface area contributed by atoms with Crippen LogP contribution in [0.1, 0.15) is 11.1 Å². The number of hydrogen-bond donors (Lipinski definition) is 4. The summed E-state index contributed by atoms with van der Waals surface area (Å²) >= 11 is 0. The van der Waals surface area contributed by atoms with E-state index in [0.29, 0.717) is 25.9 Å². The Morgan fingerprint density at radius 2 is 1.04 bits per heavy atom. The normalized spacial score (nSPS) is 12.8. The molecular formula is C20H24N2O4. The van der Waals surface area contributed by atoms with Crippen LogP contribution in [0.3, 0.4) is 0 Å². The monoisotopic (exact) mass is 356 g/mol. The van der Waals surface area contributed by atoms with Crippen LogP contribution in [0.2, 0.25) is 0 Å². The Hall–Kier alpha value is -2.70. The molecule has 6 heteroatoms. The van der Waals surface area contributed by atoms with Crippen LogP contribution in [0.4, 0.5) is 0 Å². The highest BCUT2D eigenvalue weighted by molar-refractivity contribution is 5.90. The molecule has 2 aromatic carbocycles. The molecule has 2 rings (SSSR count). The first-order valence-corrected chi connectivity index (χ1v) is 8.57. The van der Waals surface area contributed by atoms with Gasteiger partial charge in [-0.25, -0.2) is 0 Å². The maximum atomic E-state index is 11.9. The smallest absolute Gasteiger partial charge is 0.252 e. The molecule has 0 heterocycles. The molecule has 0 radical (unpaired) electrons. The second kappa shape index (κ2) is 10.3. The topological polar surface area (TPSA) is 98.7 Å². The Kier molecular flexibility index (Phi) is 7.79. The maximum absolute atomic E-state index is 11.9. The van der Waals surface area contributed by atoms with Gasteiger partial charge in [-0.05, 0) is 24.0 Å². The molecule has 4 N–H and O–H groups in total. The third kappa shape index (κ3) is 6.31. The van der Waals surface area contributed by atoms with Crippen molar-refractivity contribution in [2.24, 2.45) is 0 Å². The van der Waals surface area contributed by atoms with E-state index in [-0.39, 0.29) is 0 Å². The van der Waals surface area contributed by atoms with Gasteiger partial charge in [-0.2, -0.15) is 0 Å². The van der Waals surface area contributed by atoms with Crippen molar-refractivity contribution in [1.82, 2.24) is 10.6 Å². The number of amides is 2. The number of aliphatic hydroxyl groups excluding tert-OH is 2. The largest absolute Gasteiger partial charge is 0.380 e. The van der Waals surface area contributed by atoms with Crippen LogP contribution < -0.4 is 10.6 Å². The van der Waals surface area contributed by atoms with Crippen molar-refractivity contribution >= 4 is 11.8 Å². The first-order valence-electron chi connectivity index (χ1n) is 8.57. The number of hydrogen-bond acceptors (Lipinski definition) is 4.